The molecule has 6 rings (SSSR count). The topological polar surface area (TPSA) is 36.9 Å². The highest BCUT2D eigenvalue weighted by Gasteiger charge is 2.63. The Morgan fingerprint density at radius 1 is 0.452 bits per heavy atom. The minimum Gasteiger partial charge on any atom is -0.349 e. The molecule has 6 fully saturated rings. The van der Waals surface area contributed by atoms with Crippen LogP contribution in [-0.2, 0) is 18.9 Å². The van der Waals surface area contributed by atoms with E-state index in [9.17, 15) is 0 Å². The van der Waals surface area contributed by atoms with E-state index >= 15 is 0 Å². The summed E-state index contributed by atoms with van der Waals surface area (Å²) in [6, 6.07) is 0. The molecule has 0 aromatic rings. The minimum absolute atomic E-state index is 0.0674. The molecule has 0 N–H and O–H groups in total. The van der Waals surface area contributed by atoms with Gasteiger partial charge in [0.25, 0.3) is 0 Å². The van der Waals surface area contributed by atoms with Crippen molar-refractivity contribution in [3.05, 3.63) is 0 Å². The Kier molecular flexibility index (Phi) is 12.1. The van der Waals surface area contributed by atoms with Crippen LogP contribution < -0.4 is 0 Å². The van der Waals surface area contributed by atoms with E-state index in [0.29, 0.717) is 0 Å². The summed E-state index contributed by atoms with van der Waals surface area (Å²) in [6.45, 7) is 0. The van der Waals surface area contributed by atoms with Crippen molar-refractivity contribution in [2.24, 2.45) is 0 Å². The first-order valence-corrected chi connectivity index (χ1v) is 22.0. The molecule has 0 unspecified atom stereocenters. The summed E-state index contributed by atoms with van der Waals surface area (Å²) < 4.78 is 27.8. The highest BCUT2D eigenvalue weighted by molar-refractivity contribution is 7.59. The fraction of sp³-hybridized carbons (Fsp3) is 1.00. The van der Waals surface area contributed by atoms with E-state index in [1.807, 2.05) is 14.2 Å². The average Bonchev–Trinajstić information content (AvgIpc) is 3.07. The third-order valence-electron chi connectivity index (χ3n) is 12.6. The van der Waals surface area contributed by atoms with Crippen LogP contribution in [0.1, 0.15) is 154 Å². The summed E-state index contributed by atoms with van der Waals surface area (Å²) >= 11 is 0. The first-order chi connectivity index (χ1) is 20.7. The molecule has 0 radical (unpaired) electrons. The zero-order chi connectivity index (χ0) is 28.8. The van der Waals surface area contributed by atoms with Gasteiger partial charge in [0.1, 0.15) is 0 Å². The predicted molar refractivity (Wildman–Crippen MR) is 179 cm³/mol. The van der Waals surface area contributed by atoms with Gasteiger partial charge >= 0.3 is 0 Å². The van der Waals surface area contributed by atoms with Crippen LogP contribution in [0.25, 0.3) is 0 Å². The van der Waals surface area contributed by atoms with Gasteiger partial charge in [-0.25, -0.2) is 0 Å². The number of fused-ring (bicyclic) bond motifs is 1. The summed E-state index contributed by atoms with van der Waals surface area (Å²) in [6.07, 6.45) is 36.0. The van der Waals surface area contributed by atoms with Gasteiger partial charge in [-0.3, -0.25) is 0 Å². The van der Waals surface area contributed by atoms with E-state index in [-0.39, 0.29) is 28.1 Å². The quantitative estimate of drug-likeness (QED) is 0.227. The summed E-state index contributed by atoms with van der Waals surface area (Å²) in [5.41, 5.74) is 3.77. The average molecular weight is 623 g/mol. The maximum absolute atomic E-state index is 7.48. The lowest BCUT2D eigenvalue weighted by Crippen LogP contribution is -2.70. The van der Waals surface area contributed by atoms with Crippen molar-refractivity contribution < 1.29 is 18.9 Å². The molecule has 0 bridgehead atoms. The Morgan fingerprint density at radius 3 is 1.00 bits per heavy atom. The number of hydrogen-bond donors (Lipinski definition) is 0. The molecule has 0 aromatic carbocycles. The highest BCUT2D eigenvalue weighted by atomic mass is 31.1. The molecule has 242 valence electrons. The number of hydrogen-bond acceptors (Lipinski definition) is 4. The Labute approximate surface area is 261 Å². The monoisotopic (exact) mass is 622 g/mol. The van der Waals surface area contributed by atoms with Crippen LogP contribution >= 0.6 is 15.8 Å². The van der Waals surface area contributed by atoms with E-state index in [1.54, 1.807) is 0 Å². The molecule has 42 heavy (non-hydrogen) atoms. The second kappa shape index (κ2) is 15.5. The first-order valence-electron chi connectivity index (χ1n) is 18.6. The smallest absolute Gasteiger partial charge is 0.223 e. The highest BCUT2D eigenvalue weighted by Crippen LogP contribution is 2.61. The van der Waals surface area contributed by atoms with Crippen LogP contribution in [-0.4, -0.2) is 73.0 Å². The van der Waals surface area contributed by atoms with Gasteiger partial charge in [0.15, 0.2) is 0 Å². The molecule has 5 aliphatic carbocycles. The van der Waals surface area contributed by atoms with Crippen LogP contribution in [0.2, 0.25) is 0 Å². The third-order valence-corrected chi connectivity index (χ3v) is 19.9. The third kappa shape index (κ3) is 7.15. The van der Waals surface area contributed by atoms with Gasteiger partial charge in [0.2, 0.25) is 11.6 Å². The fourth-order valence-electron chi connectivity index (χ4n) is 10.2. The van der Waals surface area contributed by atoms with Crippen LogP contribution in [0.3, 0.4) is 0 Å². The lowest BCUT2D eigenvalue weighted by atomic mass is 9.85. The number of methoxy groups -OCH3 is 2. The van der Waals surface area contributed by atoms with Crippen LogP contribution in [0.15, 0.2) is 0 Å². The minimum atomic E-state index is -0.750. The summed E-state index contributed by atoms with van der Waals surface area (Å²) in [7, 11) is 3.59. The lowest BCUT2D eigenvalue weighted by Gasteiger charge is -2.58. The maximum atomic E-state index is 7.48. The Morgan fingerprint density at radius 2 is 0.738 bits per heavy atom. The van der Waals surface area contributed by atoms with Crippen molar-refractivity contribution in [3.8, 4) is 0 Å². The lowest BCUT2D eigenvalue weighted by molar-refractivity contribution is -0.464. The maximum Gasteiger partial charge on any atom is 0.223 e. The molecule has 1 heterocycles. The molecule has 5 saturated carbocycles. The molecule has 1 aliphatic heterocycles. The molecule has 6 heteroatoms. The van der Waals surface area contributed by atoms with E-state index in [2.05, 4.69) is 0 Å². The van der Waals surface area contributed by atoms with Crippen molar-refractivity contribution in [1.29, 1.82) is 0 Å². The van der Waals surface area contributed by atoms with Crippen LogP contribution in [0, 0.1) is 0 Å². The van der Waals surface area contributed by atoms with Crippen molar-refractivity contribution >= 4 is 15.8 Å². The zero-order valence-electron chi connectivity index (χ0n) is 27.4. The van der Waals surface area contributed by atoms with Crippen LogP contribution in [0.5, 0.6) is 0 Å². The summed E-state index contributed by atoms with van der Waals surface area (Å²) in [5, 5.41) is 0. The summed E-state index contributed by atoms with van der Waals surface area (Å²) in [5.74, 6) is -1.50. The van der Waals surface area contributed by atoms with E-state index in [1.165, 1.54) is 141 Å². The van der Waals surface area contributed by atoms with Crippen LogP contribution in [0.4, 0.5) is 0 Å². The molecular weight excluding hydrogens is 558 g/mol. The van der Waals surface area contributed by atoms with Crippen molar-refractivity contribution in [3.63, 3.8) is 0 Å². The normalized spacial score (nSPS) is 36.9. The SMILES string of the molecule is CO[C@@]12CCCC[C@@]1(OC)O[C@H](CP(C1CCCCC1)C1CCCCC1)[C@@H](CP(C1CCCCC1)C1CCCCC1)O2. The van der Waals surface area contributed by atoms with Gasteiger partial charge in [-0.15, -0.1) is 0 Å². The number of rotatable bonds is 10. The van der Waals surface area contributed by atoms with E-state index < -0.39 is 11.6 Å². The largest absolute Gasteiger partial charge is 0.349 e. The molecule has 4 atom stereocenters. The molecule has 1 saturated heterocycles. The predicted octanol–water partition coefficient (Wildman–Crippen LogP) is 10.3. The zero-order valence-corrected chi connectivity index (χ0v) is 29.2. The first kappa shape index (κ1) is 32.6. The molecule has 0 amide bonds. The second-order valence-electron chi connectivity index (χ2n) is 15.0. The van der Waals surface area contributed by atoms with Gasteiger partial charge in [0.05, 0.1) is 12.2 Å². The van der Waals surface area contributed by atoms with Crippen molar-refractivity contribution in [2.45, 2.75) is 201 Å². The molecule has 6 aliphatic rings. The second-order valence-corrected chi connectivity index (χ2v) is 20.7. The van der Waals surface area contributed by atoms with E-state index in [4.69, 9.17) is 18.9 Å². The van der Waals surface area contributed by atoms with Gasteiger partial charge in [-0.1, -0.05) is 92.9 Å². The van der Waals surface area contributed by atoms with Gasteiger partial charge in [-0.2, -0.15) is 0 Å². The Balaban J connectivity index is 1.31. The standard InChI is InChI=1S/C36H64O4P2/c1-37-35-25-15-16-26-36(35,38-2)40-34(28-42(31-21-11-5-12-22-31)32-23-13-6-14-24-32)33(39-35)27-41(29-17-7-3-8-18-29)30-19-9-4-10-20-30/h29-34H,3-28H2,1-2H3/t33-,34-,35-,36-/m1/s1. The fourth-order valence-corrected chi connectivity index (χ4v) is 18.2. The molecular formula is C36H64O4P2. The Hall–Kier alpha value is 0.700. The van der Waals surface area contributed by atoms with Gasteiger partial charge < -0.3 is 18.9 Å². The molecule has 0 aromatic heterocycles. The summed E-state index contributed by atoms with van der Waals surface area (Å²) in [4.78, 5) is 0. The number of ether oxygens (including phenoxy) is 4. The van der Waals surface area contributed by atoms with Gasteiger partial charge in [0, 0.05) is 27.1 Å². The molecule has 0 spiro atoms. The van der Waals surface area contributed by atoms with Crippen molar-refractivity contribution in [2.75, 3.05) is 26.5 Å². The van der Waals surface area contributed by atoms with Crippen molar-refractivity contribution in [1.82, 2.24) is 0 Å². The van der Waals surface area contributed by atoms with Gasteiger partial charge in [-0.05, 0) is 99.2 Å². The Bertz CT molecular complexity index is 702. The molecule has 4 nitrogen and oxygen atoms in total. The van der Waals surface area contributed by atoms with E-state index in [0.717, 1.165) is 48.3 Å².